The summed E-state index contributed by atoms with van der Waals surface area (Å²) in [4.78, 5) is 12.3. The van der Waals surface area contributed by atoms with Crippen molar-refractivity contribution in [1.82, 2.24) is 0 Å². The number of carbonyl (C=O) groups is 1. The Morgan fingerprint density at radius 2 is 1.70 bits per heavy atom. The molecule has 0 aliphatic rings. The zero-order chi connectivity index (χ0) is 19.1. The van der Waals surface area contributed by atoms with E-state index in [0.29, 0.717) is 5.92 Å². The van der Waals surface area contributed by atoms with Crippen LogP contribution in [0, 0.1) is 5.92 Å². The Bertz CT molecular complexity index is 883. The van der Waals surface area contributed by atoms with E-state index in [4.69, 9.17) is 4.74 Å². The maximum atomic E-state index is 12.3. The number of ether oxygens (including phenoxy) is 1. The van der Waals surface area contributed by atoms with Crippen molar-refractivity contribution < 1.29 is 9.53 Å². The van der Waals surface area contributed by atoms with Crippen molar-refractivity contribution in [2.75, 3.05) is 23.8 Å². The molecule has 3 aromatic rings. The predicted octanol–water partition coefficient (Wildman–Crippen LogP) is 5.32. The first-order chi connectivity index (χ1) is 13.1. The molecule has 0 aromatic heterocycles. The summed E-state index contributed by atoms with van der Waals surface area (Å²) in [6, 6.07) is 21.6. The fraction of sp³-hybridized carbons (Fsp3) is 0.261. The van der Waals surface area contributed by atoms with E-state index in [-0.39, 0.29) is 12.5 Å². The molecule has 0 fully saturated rings. The van der Waals surface area contributed by atoms with Crippen LogP contribution < -0.4 is 15.4 Å². The van der Waals surface area contributed by atoms with Gasteiger partial charge in [-0.2, -0.15) is 0 Å². The summed E-state index contributed by atoms with van der Waals surface area (Å²) >= 11 is 0. The normalized spacial score (nSPS) is 10.8. The van der Waals surface area contributed by atoms with Gasteiger partial charge in [-0.1, -0.05) is 50.2 Å². The predicted molar refractivity (Wildman–Crippen MR) is 112 cm³/mol. The van der Waals surface area contributed by atoms with E-state index >= 15 is 0 Å². The molecule has 27 heavy (non-hydrogen) atoms. The zero-order valence-electron chi connectivity index (χ0n) is 15.9. The Morgan fingerprint density at radius 3 is 2.48 bits per heavy atom. The minimum absolute atomic E-state index is 0.0800. The van der Waals surface area contributed by atoms with Gasteiger partial charge in [0.1, 0.15) is 5.75 Å². The maximum Gasteiger partial charge on any atom is 0.243 e. The standard InChI is InChI=1S/C23H26N2O2/c1-17(2)14-15-27-20-12-10-19(11-13-20)24-16-23(26)25-22-9-5-7-18-6-3-4-8-21(18)22/h3-13,17,24H,14-16H2,1-2H3,(H,25,26). The molecule has 140 valence electrons. The van der Waals surface area contributed by atoms with Crippen molar-refractivity contribution >= 4 is 28.1 Å². The lowest BCUT2D eigenvalue weighted by Crippen LogP contribution is -2.21. The zero-order valence-corrected chi connectivity index (χ0v) is 15.9. The van der Waals surface area contributed by atoms with Crippen LogP contribution >= 0.6 is 0 Å². The van der Waals surface area contributed by atoms with Gasteiger partial charge in [-0.05, 0) is 48.1 Å². The van der Waals surface area contributed by atoms with Crippen LogP contribution in [0.25, 0.3) is 10.8 Å². The number of hydrogen-bond acceptors (Lipinski definition) is 3. The molecule has 0 atom stereocenters. The molecule has 0 heterocycles. The van der Waals surface area contributed by atoms with Crippen molar-refractivity contribution in [2.45, 2.75) is 20.3 Å². The summed E-state index contributed by atoms with van der Waals surface area (Å²) in [7, 11) is 0. The molecular weight excluding hydrogens is 336 g/mol. The largest absolute Gasteiger partial charge is 0.494 e. The summed E-state index contributed by atoms with van der Waals surface area (Å²) in [5, 5.41) is 8.27. The van der Waals surface area contributed by atoms with Gasteiger partial charge >= 0.3 is 0 Å². The molecule has 3 rings (SSSR count). The number of benzene rings is 3. The van der Waals surface area contributed by atoms with Crippen LogP contribution in [-0.2, 0) is 4.79 Å². The second kappa shape index (κ2) is 9.08. The molecule has 0 spiro atoms. The molecule has 0 bridgehead atoms. The van der Waals surface area contributed by atoms with Gasteiger partial charge in [0.2, 0.25) is 5.91 Å². The summed E-state index contributed by atoms with van der Waals surface area (Å²) in [6.45, 7) is 5.29. The highest BCUT2D eigenvalue weighted by molar-refractivity contribution is 6.03. The van der Waals surface area contributed by atoms with E-state index in [1.165, 1.54) is 0 Å². The van der Waals surface area contributed by atoms with Gasteiger partial charge in [0.05, 0.1) is 13.2 Å². The SMILES string of the molecule is CC(C)CCOc1ccc(NCC(=O)Nc2cccc3ccccc23)cc1. The Labute approximate surface area is 160 Å². The van der Waals surface area contributed by atoms with Crippen LogP contribution in [0.15, 0.2) is 66.7 Å². The van der Waals surface area contributed by atoms with Crippen molar-refractivity contribution in [3.63, 3.8) is 0 Å². The van der Waals surface area contributed by atoms with Gasteiger partial charge in [0.25, 0.3) is 0 Å². The number of amides is 1. The van der Waals surface area contributed by atoms with Crippen LogP contribution in [0.4, 0.5) is 11.4 Å². The monoisotopic (exact) mass is 362 g/mol. The first-order valence-corrected chi connectivity index (χ1v) is 9.36. The van der Waals surface area contributed by atoms with Gasteiger partial charge in [0, 0.05) is 16.8 Å². The van der Waals surface area contributed by atoms with E-state index in [9.17, 15) is 4.79 Å². The number of fused-ring (bicyclic) bond motifs is 1. The fourth-order valence-electron chi connectivity index (χ4n) is 2.79. The molecular formula is C23H26N2O2. The number of carbonyl (C=O) groups excluding carboxylic acids is 1. The Balaban J connectivity index is 1.51. The van der Waals surface area contributed by atoms with Gasteiger partial charge < -0.3 is 15.4 Å². The van der Waals surface area contributed by atoms with Gasteiger partial charge in [-0.15, -0.1) is 0 Å². The highest BCUT2D eigenvalue weighted by Gasteiger charge is 2.06. The first-order valence-electron chi connectivity index (χ1n) is 9.36. The maximum absolute atomic E-state index is 12.3. The van der Waals surface area contributed by atoms with Crippen LogP contribution in [0.2, 0.25) is 0 Å². The molecule has 4 heteroatoms. The van der Waals surface area contributed by atoms with Crippen LogP contribution in [0.5, 0.6) is 5.75 Å². The molecule has 0 saturated carbocycles. The lowest BCUT2D eigenvalue weighted by atomic mass is 10.1. The second-order valence-corrected chi connectivity index (χ2v) is 6.98. The van der Waals surface area contributed by atoms with Crippen molar-refractivity contribution in [3.8, 4) is 5.75 Å². The summed E-state index contributed by atoms with van der Waals surface area (Å²) in [5.74, 6) is 1.40. The minimum atomic E-state index is -0.0800. The van der Waals surface area contributed by atoms with Gasteiger partial charge in [-0.3, -0.25) is 4.79 Å². The molecule has 4 nitrogen and oxygen atoms in total. The topological polar surface area (TPSA) is 50.4 Å². The lowest BCUT2D eigenvalue weighted by molar-refractivity contribution is -0.114. The average Bonchev–Trinajstić information content (AvgIpc) is 2.67. The number of hydrogen-bond donors (Lipinski definition) is 2. The molecule has 0 saturated heterocycles. The fourth-order valence-corrected chi connectivity index (χ4v) is 2.79. The van der Waals surface area contributed by atoms with E-state index in [2.05, 4.69) is 24.5 Å². The van der Waals surface area contributed by atoms with E-state index < -0.39 is 0 Å². The number of nitrogens with one attached hydrogen (secondary N) is 2. The van der Waals surface area contributed by atoms with Crippen LogP contribution in [0.1, 0.15) is 20.3 Å². The smallest absolute Gasteiger partial charge is 0.243 e. The Hall–Kier alpha value is -3.01. The average molecular weight is 362 g/mol. The van der Waals surface area contributed by atoms with Crippen molar-refractivity contribution in [3.05, 3.63) is 66.7 Å². The molecule has 0 unspecified atom stereocenters. The minimum Gasteiger partial charge on any atom is -0.494 e. The molecule has 2 N–H and O–H groups in total. The van der Waals surface area contributed by atoms with E-state index in [1.54, 1.807) is 0 Å². The highest BCUT2D eigenvalue weighted by Crippen LogP contribution is 2.23. The molecule has 1 amide bonds. The lowest BCUT2D eigenvalue weighted by Gasteiger charge is -2.11. The van der Waals surface area contributed by atoms with Gasteiger partial charge in [-0.25, -0.2) is 0 Å². The summed E-state index contributed by atoms with van der Waals surface area (Å²) in [6.07, 6.45) is 1.04. The molecule has 0 radical (unpaired) electrons. The molecule has 3 aromatic carbocycles. The third-order valence-electron chi connectivity index (χ3n) is 4.34. The van der Waals surface area contributed by atoms with Crippen LogP contribution in [-0.4, -0.2) is 19.1 Å². The van der Waals surface area contributed by atoms with Crippen molar-refractivity contribution in [1.29, 1.82) is 0 Å². The molecule has 0 aliphatic heterocycles. The van der Waals surface area contributed by atoms with Gasteiger partial charge in [0.15, 0.2) is 0 Å². The van der Waals surface area contributed by atoms with E-state index in [0.717, 1.165) is 40.9 Å². The van der Waals surface area contributed by atoms with Crippen molar-refractivity contribution in [2.24, 2.45) is 5.92 Å². The quantitative estimate of drug-likeness (QED) is 0.570. The highest BCUT2D eigenvalue weighted by atomic mass is 16.5. The third kappa shape index (κ3) is 5.48. The Kier molecular flexibility index (Phi) is 6.31. The Morgan fingerprint density at radius 1 is 0.963 bits per heavy atom. The second-order valence-electron chi connectivity index (χ2n) is 6.98. The van der Waals surface area contributed by atoms with E-state index in [1.807, 2.05) is 66.7 Å². The first kappa shape index (κ1) is 18.8. The summed E-state index contributed by atoms with van der Waals surface area (Å²) < 4.78 is 5.71. The van der Waals surface area contributed by atoms with Crippen LogP contribution in [0.3, 0.4) is 0 Å². The summed E-state index contributed by atoms with van der Waals surface area (Å²) in [5.41, 5.74) is 1.72. The number of rotatable bonds is 8. The number of anilines is 2. The molecule has 0 aliphatic carbocycles. The third-order valence-corrected chi connectivity index (χ3v) is 4.34.